The molecule has 0 aliphatic heterocycles. The second kappa shape index (κ2) is 12.1. The molecule has 0 aliphatic carbocycles. The molecule has 13 rings (SSSR count). The lowest BCUT2D eigenvalue weighted by Gasteiger charge is -2.16. The molecule has 58 heavy (non-hydrogen) atoms. The third-order valence-corrected chi connectivity index (χ3v) is 13.3. The van der Waals surface area contributed by atoms with Crippen LogP contribution in [-0.4, -0.2) is 13.7 Å². The van der Waals surface area contributed by atoms with Gasteiger partial charge in [-0.2, -0.15) is 0 Å². The summed E-state index contributed by atoms with van der Waals surface area (Å²) in [6, 6.07) is 73.8. The second-order valence-corrected chi connectivity index (χ2v) is 16.4. The number of thiophene rings is 1. The highest BCUT2D eigenvalue weighted by molar-refractivity contribution is 7.25. The van der Waals surface area contributed by atoms with Gasteiger partial charge in [0.25, 0.3) is 0 Å². The van der Waals surface area contributed by atoms with Crippen LogP contribution in [0.25, 0.3) is 114 Å². The van der Waals surface area contributed by atoms with Gasteiger partial charge in [0.15, 0.2) is 0 Å². The molecule has 0 saturated heterocycles. The number of hydrogen-bond donors (Lipinski definition) is 0. The Kier molecular flexibility index (Phi) is 6.60. The molecule has 0 N–H and O–H groups in total. The first-order valence-corrected chi connectivity index (χ1v) is 20.7. The normalized spacial score (nSPS) is 12.1. The summed E-state index contributed by atoms with van der Waals surface area (Å²) in [6.07, 6.45) is 0. The van der Waals surface area contributed by atoms with Crippen LogP contribution in [0.3, 0.4) is 0 Å². The molecule has 0 fully saturated rings. The second-order valence-electron chi connectivity index (χ2n) is 15.3. The number of hydrogen-bond acceptors (Lipinski definition) is 1. The van der Waals surface area contributed by atoms with Gasteiger partial charge in [-0.3, -0.25) is 0 Å². The molecule has 9 aromatic carbocycles. The maximum Gasteiger partial charge on any atom is 0.0555 e. The summed E-state index contributed by atoms with van der Waals surface area (Å²) in [6.45, 7) is 0. The van der Waals surface area contributed by atoms with Crippen LogP contribution in [0.5, 0.6) is 0 Å². The quantitative estimate of drug-likeness (QED) is 0.170. The third kappa shape index (κ3) is 4.43. The van der Waals surface area contributed by atoms with Crippen LogP contribution >= 0.6 is 11.3 Å². The van der Waals surface area contributed by atoms with Crippen molar-refractivity contribution >= 4 is 96.9 Å². The Morgan fingerprint density at radius 1 is 0.276 bits per heavy atom. The topological polar surface area (TPSA) is 14.8 Å². The highest BCUT2D eigenvalue weighted by atomic mass is 32.1. The predicted octanol–water partition coefficient (Wildman–Crippen LogP) is 15.0. The van der Waals surface area contributed by atoms with Crippen LogP contribution in [0.2, 0.25) is 0 Å². The Hall–Kier alpha value is -7.40. The fourth-order valence-corrected chi connectivity index (χ4v) is 10.9. The van der Waals surface area contributed by atoms with Gasteiger partial charge in [0.05, 0.1) is 38.8 Å². The number of nitrogens with zero attached hydrogens (tertiary/aromatic N) is 3. The summed E-state index contributed by atoms with van der Waals surface area (Å²) in [5, 5.41) is 10.1. The lowest BCUT2D eigenvalue weighted by atomic mass is 10.0. The van der Waals surface area contributed by atoms with E-state index in [0.29, 0.717) is 0 Å². The van der Waals surface area contributed by atoms with E-state index in [1.54, 1.807) is 0 Å². The predicted molar refractivity (Wildman–Crippen MR) is 248 cm³/mol. The monoisotopic (exact) mass is 755 g/mol. The van der Waals surface area contributed by atoms with Gasteiger partial charge < -0.3 is 13.7 Å². The average Bonchev–Trinajstić information content (AvgIpc) is 4.02. The van der Waals surface area contributed by atoms with Crippen molar-refractivity contribution in [1.82, 2.24) is 13.7 Å². The smallest absolute Gasteiger partial charge is 0.0555 e. The molecule has 3 nitrogen and oxygen atoms in total. The van der Waals surface area contributed by atoms with E-state index < -0.39 is 0 Å². The molecule has 0 bridgehead atoms. The first-order chi connectivity index (χ1) is 28.8. The Labute approximate surface area is 337 Å². The van der Waals surface area contributed by atoms with Crippen molar-refractivity contribution in [3.8, 4) is 28.2 Å². The van der Waals surface area contributed by atoms with Crippen LogP contribution in [0, 0.1) is 0 Å². The van der Waals surface area contributed by atoms with Crippen molar-refractivity contribution < 1.29 is 0 Å². The van der Waals surface area contributed by atoms with Crippen molar-refractivity contribution in [3.63, 3.8) is 0 Å². The summed E-state index contributed by atoms with van der Waals surface area (Å²) in [7, 11) is 0. The minimum Gasteiger partial charge on any atom is -0.309 e. The van der Waals surface area contributed by atoms with E-state index in [4.69, 9.17) is 0 Å². The molecule has 4 aromatic heterocycles. The van der Waals surface area contributed by atoms with E-state index in [1.165, 1.54) is 102 Å². The molecule has 4 heteroatoms. The van der Waals surface area contributed by atoms with Crippen molar-refractivity contribution in [1.29, 1.82) is 0 Å². The largest absolute Gasteiger partial charge is 0.309 e. The SMILES string of the molecule is c1ccc2c(c1)sc1cccc(-n3c4ccccc4c4cc(-c5cc(-n6c7ccccc7c7ccccc76)cc(-n6c7ccccc7c7ccccc76)c5)ccc43)c12. The van der Waals surface area contributed by atoms with Crippen LogP contribution in [-0.2, 0) is 0 Å². The fourth-order valence-electron chi connectivity index (χ4n) is 9.78. The minimum atomic E-state index is 1.13. The number of para-hydroxylation sites is 5. The van der Waals surface area contributed by atoms with Gasteiger partial charge in [0.2, 0.25) is 0 Å². The molecule has 4 heterocycles. The molecule has 0 atom stereocenters. The molecular formula is C54H33N3S. The molecule has 0 aliphatic rings. The van der Waals surface area contributed by atoms with Crippen molar-refractivity contribution in [2.75, 3.05) is 0 Å². The first-order valence-electron chi connectivity index (χ1n) is 19.8. The Morgan fingerprint density at radius 3 is 1.26 bits per heavy atom. The van der Waals surface area contributed by atoms with Gasteiger partial charge in [-0.15, -0.1) is 11.3 Å². The number of aromatic nitrogens is 3. The maximum absolute atomic E-state index is 2.48. The van der Waals surface area contributed by atoms with E-state index >= 15 is 0 Å². The van der Waals surface area contributed by atoms with Gasteiger partial charge in [0.1, 0.15) is 0 Å². The number of rotatable bonds is 4. The van der Waals surface area contributed by atoms with Crippen LogP contribution in [0.4, 0.5) is 0 Å². The summed E-state index contributed by atoms with van der Waals surface area (Å²) in [5.41, 5.74) is 13.0. The lowest BCUT2D eigenvalue weighted by Crippen LogP contribution is -2.00. The zero-order valence-electron chi connectivity index (χ0n) is 31.3. The molecular weight excluding hydrogens is 723 g/mol. The number of fused-ring (bicyclic) bond motifs is 12. The number of benzene rings is 9. The summed E-state index contributed by atoms with van der Waals surface area (Å²) < 4.78 is 9.99. The third-order valence-electron chi connectivity index (χ3n) is 12.2. The molecule has 0 radical (unpaired) electrons. The maximum atomic E-state index is 2.48. The Balaban J connectivity index is 1.10. The molecule has 13 aromatic rings. The van der Waals surface area contributed by atoms with Gasteiger partial charge in [0, 0.05) is 63.9 Å². The first kappa shape index (κ1) is 31.8. The van der Waals surface area contributed by atoms with E-state index in [-0.39, 0.29) is 0 Å². The van der Waals surface area contributed by atoms with E-state index in [0.717, 1.165) is 11.4 Å². The van der Waals surface area contributed by atoms with Crippen LogP contribution in [0.1, 0.15) is 0 Å². The van der Waals surface area contributed by atoms with Gasteiger partial charge in [-0.1, -0.05) is 121 Å². The molecule has 0 amide bonds. The molecule has 0 unspecified atom stereocenters. The van der Waals surface area contributed by atoms with Crippen LogP contribution < -0.4 is 0 Å². The van der Waals surface area contributed by atoms with Crippen molar-refractivity contribution in [2.24, 2.45) is 0 Å². The Bertz CT molecular complexity index is 3580. The minimum absolute atomic E-state index is 1.13. The van der Waals surface area contributed by atoms with Gasteiger partial charge in [-0.05, 0) is 90.0 Å². The zero-order chi connectivity index (χ0) is 37.9. The average molecular weight is 756 g/mol. The molecule has 0 spiro atoms. The summed E-state index contributed by atoms with van der Waals surface area (Å²) in [4.78, 5) is 0. The zero-order valence-corrected chi connectivity index (χ0v) is 32.1. The molecule has 270 valence electrons. The van der Waals surface area contributed by atoms with E-state index in [9.17, 15) is 0 Å². The van der Waals surface area contributed by atoms with Crippen LogP contribution in [0.15, 0.2) is 200 Å². The van der Waals surface area contributed by atoms with Crippen molar-refractivity contribution in [2.45, 2.75) is 0 Å². The highest BCUT2D eigenvalue weighted by Gasteiger charge is 2.20. The Morgan fingerprint density at radius 2 is 0.707 bits per heavy atom. The van der Waals surface area contributed by atoms with E-state index in [1.807, 2.05) is 11.3 Å². The van der Waals surface area contributed by atoms with E-state index in [2.05, 4.69) is 214 Å². The standard InChI is InChI=1S/C54H33N3S/c1-7-20-45-38(14-1)39-15-2-8-21-46(39)55(45)36-30-35(31-37(33-36)56-47-22-9-3-16-40(47)41-17-4-10-23-48(41)56)34-28-29-50-44(32-34)42-18-5-11-24-49(42)57(50)51-25-13-27-53-54(51)43-19-6-12-26-52(43)58-53/h1-33H. The lowest BCUT2D eigenvalue weighted by molar-refractivity contribution is 1.13. The fraction of sp³-hybridized carbons (Fsp3) is 0. The highest BCUT2D eigenvalue weighted by Crippen LogP contribution is 2.43. The molecule has 0 saturated carbocycles. The summed E-state index contributed by atoms with van der Waals surface area (Å²) >= 11 is 1.87. The van der Waals surface area contributed by atoms with Gasteiger partial charge >= 0.3 is 0 Å². The van der Waals surface area contributed by atoms with Crippen molar-refractivity contribution in [3.05, 3.63) is 200 Å². The van der Waals surface area contributed by atoms with Gasteiger partial charge in [-0.25, -0.2) is 0 Å². The summed E-state index contributed by atoms with van der Waals surface area (Å²) in [5.74, 6) is 0.